The van der Waals surface area contributed by atoms with Crippen molar-refractivity contribution in [3.8, 4) is 0 Å². The number of methoxy groups -OCH3 is 1. The number of aliphatic hydroxyl groups excluding tert-OH is 1. The molecule has 0 aliphatic heterocycles. The van der Waals surface area contributed by atoms with Crippen molar-refractivity contribution in [2.45, 2.75) is 26.3 Å². The Morgan fingerprint density at radius 2 is 2.22 bits per heavy atom. The number of nitrogens with one attached hydrogen (secondary N) is 1. The van der Waals surface area contributed by atoms with Crippen molar-refractivity contribution < 1.29 is 14.6 Å². The molecule has 0 aliphatic carbocycles. The Balaban J connectivity index is 2.80. The van der Waals surface area contributed by atoms with E-state index in [4.69, 9.17) is 5.11 Å². The van der Waals surface area contributed by atoms with E-state index in [2.05, 4.69) is 20.0 Å². The van der Waals surface area contributed by atoms with Gasteiger partial charge in [0.1, 0.15) is 5.82 Å². The Morgan fingerprint density at radius 1 is 1.50 bits per heavy atom. The van der Waals surface area contributed by atoms with Crippen LogP contribution in [0.4, 0.5) is 5.82 Å². The van der Waals surface area contributed by atoms with Crippen LogP contribution in [-0.2, 0) is 4.74 Å². The molecule has 0 radical (unpaired) electrons. The average molecular weight is 253 g/mol. The first-order valence-corrected chi connectivity index (χ1v) is 5.86. The van der Waals surface area contributed by atoms with Crippen LogP contribution in [0.25, 0.3) is 0 Å². The molecule has 0 spiro atoms. The molecule has 1 aromatic heterocycles. The van der Waals surface area contributed by atoms with Gasteiger partial charge in [0, 0.05) is 12.6 Å². The maximum absolute atomic E-state index is 11.3. The van der Waals surface area contributed by atoms with Crippen molar-refractivity contribution in [3.05, 3.63) is 18.1 Å². The highest BCUT2D eigenvalue weighted by Crippen LogP contribution is 2.13. The van der Waals surface area contributed by atoms with Crippen LogP contribution in [0.1, 0.15) is 30.8 Å². The summed E-state index contributed by atoms with van der Waals surface area (Å²) in [7, 11) is 1.30. The molecule has 6 heteroatoms. The van der Waals surface area contributed by atoms with Crippen LogP contribution < -0.4 is 5.32 Å². The van der Waals surface area contributed by atoms with Gasteiger partial charge in [-0.3, -0.25) is 4.98 Å². The lowest BCUT2D eigenvalue weighted by molar-refractivity contribution is 0.0593. The smallest absolute Gasteiger partial charge is 0.358 e. The summed E-state index contributed by atoms with van der Waals surface area (Å²) in [4.78, 5) is 19.4. The normalized spacial score (nSPS) is 12.3. The highest BCUT2D eigenvalue weighted by atomic mass is 16.5. The second kappa shape index (κ2) is 6.90. The van der Waals surface area contributed by atoms with Crippen molar-refractivity contribution >= 4 is 11.8 Å². The highest BCUT2D eigenvalue weighted by molar-refractivity contribution is 5.87. The summed E-state index contributed by atoms with van der Waals surface area (Å²) < 4.78 is 4.58. The summed E-state index contributed by atoms with van der Waals surface area (Å²) in [6.07, 6.45) is 3.51. The van der Waals surface area contributed by atoms with E-state index in [0.717, 1.165) is 0 Å². The Bertz CT molecular complexity index is 396. The van der Waals surface area contributed by atoms with Crippen LogP contribution in [0.5, 0.6) is 0 Å². The molecule has 0 aromatic carbocycles. The minimum atomic E-state index is -0.519. The lowest BCUT2D eigenvalue weighted by Gasteiger charge is -2.21. The second-order valence-corrected chi connectivity index (χ2v) is 4.29. The number of rotatable bonds is 6. The molecular formula is C12H19N3O3. The number of hydrogen-bond acceptors (Lipinski definition) is 6. The zero-order chi connectivity index (χ0) is 13.5. The predicted octanol–water partition coefficient (Wildman–Crippen LogP) is 1.08. The molecule has 6 nitrogen and oxygen atoms in total. The SMILES string of the molecule is COC(=O)c1cncc(NC(CCO)C(C)C)n1. The van der Waals surface area contributed by atoms with Crippen molar-refractivity contribution in [2.24, 2.45) is 5.92 Å². The van der Waals surface area contributed by atoms with Gasteiger partial charge >= 0.3 is 5.97 Å². The van der Waals surface area contributed by atoms with Gasteiger partial charge in [0.25, 0.3) is 0 Å². The molecule has 0 saturated heterocycles. The van der Waals surface area contributed by atoms with Crippen LogP contribution in [0.2, 0.25) is 0 Å². The molecule has 1 unspecified atom stereocenters. The topological polar surface area (TPSA) is 84.3 Å². The number of hydrogen-bond donors (Lipinski definition) is 2. The largest absolute Gasteiger partial charge is 0.464 e. The van der Waals surface area contributed by atoms with Crippen LogP contribution in [-0.4, -0.2) is 40.8 Å². The average Bonchev–Trinajstić information content (AvgIpc) is 2.37. The molecule has 18 heavy (non-hydrogen) atoms. The first-order chi connectivity index (χ1) is 8.58. The molecule has 1 atom stereocenters. The number of nitrogens with zero attached hydrogens (tertiary/aromatic N) is 2. The van der Waals surface area contributed by atoms with Gasteiger partial charge in [-0.15, -0.1) is 0 Å². The van der Waals surface area contributed by atoms with Crippen LogP contribution >= 0.6 is 0 Å². The molecule has 0 bridgehead atoms. The molecule has 0 aliphatic rings. The van der Waals surface area contributed by atoms with Gasteiger partial charge in [-0.1, -0.05) is 13.8 Å². The lowest BCUT2D eigenvalue weighted by Crippen LogP contribution is -2.27. The zero-order valence-corrected chi connectivity index (χ0v) is 10.9. The van der Waals surface area contributed by atoms with Gasteiger partial charge in [0.05, 0.1) is 19.5 Å². The molecule has 0 amide bonds. The quantitative estimate of drug-likeness (QED) is 0.738. The van der Waals surface area contributed by atoms with E-state index in [1.807, 2.05) is 13.8 Å². The Hall–Kier alpha value is -1.69. The van der Waals surface area contributed by atoms with Crippen LogP contribution in [0.3, 0.4) is 0 Å². The number of carbonyl (C=O) groups excluding carboxylic acids is 1. The van der Waals surface area contributed by atoms with Gasteiger partial charge in [0.2, 0.25) is 0 Å². The van der Waals surface area contributed by atoms with Crippen molar-refractivity contribution in [3.63, 3.8) is 0 Å². The third kappa shape index (κ3) is 3.96. The van der Waals surface area contributed by atoms with Gasteiger partial charge in [-0.25, -0.2) is 9.78 Å². The molecule has 1 rings (SSSR count). The number of aliphatic hydroxyl groups is 1. The van der Waals surface area contributed by atoms with E-state index >= 15 is 0 Å². The monoisotopic (exact) mass is 253 g/mol. The molecule has 100 valence electrons. The third-order valence-electron chi connectivity index (χ3n) is 2.61. The molecule has 2 N–H and O–H groups in total. The standard InChI is InChI=1S/C12H19N3O3/c1-8(2)9(4-5-16)14-11-7-13-6-10(15-11)12(17)18-3/h6-9,16H,4-5H2,1-3H3,(H,14,15). The zero-order valence-electron chi connectivity index (χ0n) is 10.9. The molecule has 0 fully saturated rings. The Kier molecular flexibility index (Phi) is 5.51. The fourth-order valence-corrected chi connectivity index (χ4v) is 1.54. The maximum atomic E-state index is 11.3. The van der Waals surface area contributed by atoms with Gasteiger partial charge < -0.3 is 15.2 Å². The number of ether oxygens (including phenoxy) is 1. The first-order valence-electron chi connectivity index (χ1n) is 5.86. The van der Waals surface area contributed by atoms with E-state index in [1.54, 1.807) is 6.20 Å². The molecule has 0 saturated carbocycles. The summed E-state index contributed by atoms with van der Waals surface area (Å²) in [5, 5.41) is 12.2. The summed E-state index contributed by atoms with van der Waals surface area (Å²) in [6.45, 7) is 4.19. The number of anilines is 1. The van der Waals surface area contributed by atoms with E-state index in [0.29, 0.717) is 18.2 Å². The van der Waals surface area contributed by atoms with E-state index < -0.39 is 5.97 Å². The molecule has 1 aromatic rings. The van der Waals surface area contributed by atoms with Crippen LogP contribution in [0, 0.1) is 5.92 Å². The predicted molar refractivity (Wildman–Crippen MR) is 67.3 cm³/mol. The minimum absolute atomic E-state index is 0.0807. The van der Waals surface area contributed by atoms with E-state index in [1.165, 1.54) is 13.3 Å². The second-order valence-electron chi connectivity index (χ2n) is 4.29. The summed E-state index contributed by atoms with van der Waals surface area (Å²) >= 11 is 0. The third-order valence-corrected chi connectivity index (χ3v) is 2.61. The molecular weight excluding hydrogens is 234 g/mol. The fourth-order valence-electron chi connectivity index (χ4n) is 1.54. The van der Waals surface area contributed by atoms with Gasteiger partial charge in [0.15, 0.2) is 5.69 Å². The highest BCUT2D eigenvalue weighted by Gasteiger charge is 2.15. The van der Waals surface area contributed by atoms with Crippen molar-refractivity contribution in [1.29, 1.82) is 0 Å². The van der Waals surface area contributed by atoms with Crippen molar-refractivity contribution in [1.82, 2.24) is 9.97 Å². The lowest BCUT2D eigenvalue weighted by atomic mass is 10.0. The molecule has 1 heterocycles. The number of aromatic nitrogens is 2. The Morgan fingerprint density at radius 3 is 2.78 bits per heavy atom. The maximum Gasteiger partial charge on any atom is 0.358 e. The van der Waals surface area contributed by atoms with Gasteiger partial charge in [-0.05, 0) is 12.3 Å². The summed E-state index contributed by atoms with van der Waals surface area (Å²) in [6, 6.07) is 0.0807. The first kappa shape index (κ1) is 14.4. The van der Waals surface area contributed by atoms with Gasteiger partial charge in [-0.2, -0.15) is 0 Å². The summed E-state index contributed by atoms with van der Waals surface area (Å²) in [5.74, 6) is 0.320. The number of carbonyl (C=O) groups is 1. The minimum Gasteiger partial charge on any atom is -0.464 e. The van der Waals surface area contributed by atoms with E-state index in [-0.39, 0.29) is 18.3 Å². The van der Waals surface area contributed by atoms with Crippen molar-refractivity contribution in [2.75, 3.05) is 19.0 Å². The van der Waals surface area contributed by atoms with E-state index in [9.17, 15) is 4.79 Å². The Labute approximate surface area is 106 Å². The summed E-state index contributed by atoms with van der Waals surface area (Å²) in [5.41, 5.74) is 0.161. The number of esters is 1. The fraction of sp³-hybridized carbons (Fsp3) is 0.583. The van der Waals surface area contributed by atoms with Crippen LogP contribution in [0.15, 0.2) is 12.4 Å².